The molecule has 0 aliphatic rings. The Morgan fingerprint density at radius 2 is 1.53 bits per heavy atom. The summed E-state index contributed by atoms with van der Waals surface area (Å²) in [6.07, 6.45) is -2.19. The minimum Gasteiger partial charge on any atom is -0.481 e. The topological polar surface area (TPSA) is 214 Å². The summed E-state index contributed by atoms with van der Waals surface area (Å²) < 4.78 is 0. The second-order valence-corrected chi connectivity index (χ2v) is 8.25. The first kappa shape index (κ1) is 27.6. The van der Waals surface area contributed by atoms with Crippen molar-refractivity contribution in [3.63, 3.8) is 0 Å². The van der Waals surface area contributed by atoms with E-state index in [1.165, 1.54) is 6.92 Å². The normalized spacial score (nSPS) is 16.4. The van der Waals surface area contributed by atoms with Crippen molar-refractivity contribution in [3.8, 4) is 0 Å². The summed E-state index contributed by atoms with van der Waals surface area (Å²) in [4.78, 5) is 59.6. The van der Waals surface area contributed by atoms with E-state index in [-0.39, 0.29) is 5.75 Å². The van der Waals surface area contributed by atoms with Gasteiger partial charge in [-0.2, -0.15) is 12.6 Å². The van der Waals surface area contributed by atoms with Gasteiger partial charge in [-0.25, -0.2) is 0 Å². The van der Waals surface area contributed by atoms with Crippen molar-refractivity contribution in [2.45, 2.75) is 64.4 Å². The summed E-state index contributed by atoms with van der Waals surface area (Å²) in [5.74, 6) is -4.88. The van der Waals surface area contributed by atoms with Crippen molar-refractivity contribution < 1.29 is 34.2 Å². The second kappa shape index (κ2) is 11.7. The van der Waals surface area contributed by atoms with Crippen LogP contribution in [0.25, 0.3) is 0 Å². The summed E-state index contributed by atoms with van der Waals surface area (Å²) >= 11 is 3.93. The van der Waals surface area contributed by atoms with Crippen molar-refractivity contribution in [2.75, 3.05) is 5.75 Å². The monoisotopic (exact) mass is 449 g/mol. The van der Waals surface area contributed by atoms with Gasteiger partial charge in [0.2, 0.25) is 23.6 Å². The van der Waals surface area contributed by atoms with Crippen LogP contribution in [0.3, 0.4) is 0 Å². The standard InChI is InChI=1S/C17H31N5O7S/c1-7(23)11(15(28)20-9(13(19)26)5-10(24)25)21-16(29)12(17(2,3)4)22-14(27)8(18)6-30/h7-9,11-12,23,30H,5-6,18H2,1-4H3,(H2,19,26)(H,20,28)(H,21,29)(H,22,27)(H,24,25)/t7-,8+,9+,11+,12-/m1/s1. The summed E-state index contributed by atoms with van der Waals surface area (Å²) in [5.41, 5.74) is 9.90. The predicted molar refractivity (Wildman–Crippen MR) is 110 cm³/mol. The molecule has 0 aliphatic heterocycles. The highest BCUT2D eigenvalue weighted by Crippen LogP contribution is 2.20. The van der Waals surface area contributed by atoms with Crippen molar-refractivity contribution >= 4 is 42.2 Å². The van der Waals surface area contributed by atoms with Gasteiger partial charge >= 0.3 is 5.97 Å². The maximum absolute atomic E-state index is 12.8. The molecule has 30 heavy (non-hydrogen) atoms. The average molecular weight is 450 g/mol. The van der Waals surface area contributed by atoms with Crippen LogP contribution in [0.15, 0.2) is 0 Å². The lowest BCUT2D eigenvalue weighted by Crippen LogP contribution is -2.62. The number of aliphatic hydroxyl groups excluding tert-OH is 1. The van der Waals surface area contributed by atoms with E-state index in [0.29, 0.717) is 0 Å². The maximum Gasteiger partial charge on any atom is 0.305 e. The Hall–Kier alpha value is -2.38. The van der Waals surface area contributed by atoms with Crippen LogP contribution in [0.4, 0.5) is 0 Å². The van der Waals surface area contributed by atoms with E-state index < -0.39 is 71.7 Å². The molecule has 12 nitrogen and oxygen atoms in total. The number of aliphatic hydroxyl groups is 1. The fraction of sp³-hybridized carbons (Fsp3) is 0.706. The van der Waals surface area contributed by atoms with Gasteiger partial charge in [0.05, 0.1) is 18.6 Å². The zero-order valence-electron chi connectivity index (χ0n) is 17.3. The first-order chi connectivity index (χ1) is 13.6. The van der Waals surface area contributed by atoms with E-state index in [0.717, 1.165) is 0 Å². The molecule has 0 aromatic heterocycles. The molecule has 0 saturated carbocycles. The number of carbonyl (C=O) groups is 5. The Bertz CT molecular complexity index is 665. The van der Waals surface area contributed by atoms with Crippen molar-refractivity contribution in [2.24, 2.45) is 16.9 Å². The van der Waals surface area contributed by atoms with Gasteiger partial charge in [0.25, 0.3) is 0 Å². The molecule has 0 heterocycles. The third-order valence-corrected chi connectivity index (χ3v) is 4.44. The molecule has 172 valence electrons. The van der Waals surface area contributed by atoms with Crippen LogP contribution in [-0.4, -0.2) is 75.8 Å². The number of rotatable bonds is 11. The number of carboxylic acids is 1. The van der Waals surface area contributed by atoms with E-state index in [2.05, 4.69) is 28.6 Å². The lowest BCUT2D eigenvalue weighted by atomic mass is 9.85. The Kier molecular flexibility index (Phi) is 10.8. The van der Waals surface area contributed by atoms with E-state index in [1.54, 1.807) is 20.8 Å². The molecule has 0 saturated heterocycles. The minimum atomic E-state index is -1.55. The van der Waals surface area contributed by atoms with Gasteiger partial charge in [-0.05, 0) is 12.3 Å². The van der Waals surface area contributed by atoms with Gasteiger partial charge in [-0.1, -0.05) is 20.8 Å². The van der Waals surface area contributed by atoms with Gasteiger partial charge in [-0.15, -0.1) is 0 Å². The zero-order chi connectivity index (χ0) is 23.8. The molecule has 0 aromatic rings. The quantitative estimate of drug-likeness (QED) is 0.153. The molecule has 0 spiro atoms. The average Bonchev–Trinajstić information content (AvgIpc) is 2.60. The van der Waals surface area contributed by atoms with Crippen LogP contribution >= 0.6 is 12.6 Å². The van der Waals surface area contributed by atoms with E-state index in [9.17, 15) is 29.1 Å². The van der Waals surface area contributed by atoms with Gasteiger partial charge in [0, 0.05) is 5.75 Å². The molecule has 0 rings (SSSR count). The highest BCUT2D eigenvalue weighted by Gasteiger charge is 2.37. The molecule has 9 N–H and O–H groups in total. The number of hydrogen-bond donors (Lipinski definition) is 8. The number of thiol groups is 1. The SMILES string of the molecule is C[C@@H](O)[C@H](NC(=O)[C@@H](NC(=O)[C@@H](N)CS)C(C)(C)C)C(=O)N[C@@H](CC(=O)O)C(N)=O. The fourth-order valence-electron chi connectivity index (χ4n) is 2.31. The van der Waals surface area contributed by atoms with Crippen LogP contribution in [0.5, 0.6) is 0 Å². The lowest BCUT2D eigenvalue weighted by molar-refractivity contribution is -0.141. The molecule has 0 fully saturated rings. The number of carboxylic acid groups (broad SMARTS) is 1. The highest BCUT2D eigenvalue weighted by atomic mass is 32.1. The Morgan fingerprint density at radius 3 is 1.90 bits per heavy atom. The van der Waals surface area contributed by atoms with Crippen LogP contribution in [0.2, 0.25) is 0 Å². The number of primary amides is 1. The maximum atomic E-state index is 12.8. The molecule has 0 unspecified atom stereocenters. The molecule has 0 aromatic carbocycles. The third-order valence-electron chi connectivity index (χ3n) is 4.05. The fourth-order valence-corrected chi connectivity index (χ4v) is 2.47. The number of nitrogens with two attached hydrogens (primary N) is 2. The number of hydrogen-bond acceptors (Lipinski definition) is 8. The molecule has 13 heteroatoms. The molecular formula is C17H31N5O7S. The molecule has 0 radical (unpaired) electrons. The number of nitrogens with one attached hydrogen (secondary N) is 3. The van der Waals surface area contributed by atoms with Gasteiger partial charge in [0.1, 0.15) is 18.1 Å². The van der Waals surface area contributed by atoms with E-state index in [1.807, 2.05) is 0 Å². The Balaban J connectivity index is 5.52. The van der Waals surface area contributed by atoms with E-state index in [4.69, 9.17) is 16.6 Å². The molecule has 0 aliphatic carbocycles. The summed E-state index contributed by atoms with van der Waals surface area (Å²) in [7, 11) is 0. The van der Waals surface area contributed by atoms with Gasteiger partial charge < -0.3 is 37.6 Å². The molecule has 5 atom stereocenters. The van der Waals surface area contributed by atoms with Crippen molar-refractivity contribution in [1.29, 1.82) is 0 Å². The molecule has 4 amide bonds. The first-order valence-corrected chi connectivity index (χ1v) is 9.71. The first-order valence-electron chi connectivity index (χ1n) is 9.08. The van der Waals surface area contributed by atoms with Crippen LogP contribution in [0.1, 0.15) is 34.1 Å². The largest absolute Gasteiger partial charge is 0.481 e. The summed E-state index contributed by atoms with van der Waals surface area (Å²) in [5, 5.41) is 25.6. The number of carbonyl (C=O) groups excluding carboxylic acids is 4. The highest BCUT2D eigenvalue weighted by molar-refractivity contribution is 7.80. The summed E-state index contributed by atoms with van der Waals surface area (Å²) in [6, 6.07) is -5.18. The minimum absolute atomic E-state index is 0.0428. The van der Waals surface area contributed by atoms with Crippen LogP contribution in [-0.2, 0) is 24.0 Å². The zero-order valence-corrected chi connectivity index (χ0v) is 18.2. The summed E-state index contributed by atoms with van der Waals surface area (Å²) in [6.45, 7) is 6.20. The Labute approximate surface area is 179 Å². The lowest BCUT2D eigenvalue weighted by Gasteiger charge is -2.33. The third kappa shape index (κ3) is 8.97. The van der Waals surface area contributed by atoms with Crippen molar-refractivity contribution in [3.05, 3.63) is 0 Å². The van der Waals surface area contributed by atoms with Crippen LogP contribution < -0.4 is 27.4 Å². The van der Waals surface area contributed by atoms with Gasteiger partial charge in [-0.3, -0.25) is 24.0 Å². The number of amides is 4. The smallest absolute Gasteiger partial charge is 0.305 e. The predicted octanol–water partition coefficient (Wildman–Crippen LogP) is -2.92. The van der Waals surface area contributed by atoms with E-state index >= 15 is 0 Å². The van der Waals surface area contributed by atoms with Crippen molar-refractivity contribution in [1.82, 2.24) is 16.0 Å². The van der Waals surface area contributed by atoms with Crippen LogP contribution in [0, 0.1) is 5.41 Å². The Morgan fingerprint density at radius 1 is 1.00 bits per heavy atom. The van der Waals surface area contributed by atoms with Gasteiger partial charge in [0.15, 0.2) is 0 Å². The number of aliphatic carboxylic acids is 1. The molecular weight excluding hydrogens is 418 g/mol. The molecule has 0 bridgehead atoms. The second-order valence-electron chi connectivity index (χ2n) is 7.88.